The van der Waals surface area contributed by atoms with Gasteiger partial charge in [-0.1, -0.05) is 6.07 Å². The molecule has 0 bridgehead atoms. The molecule has 2 saturated heterocycles. The van der Waals surface area contributed by atoms with Gasteiger partial charge in [-0.2, -0.15) is 13.2 Å². The van der Waals surface area contributed by atoms with Crippen LogP contribution in [-0.2, 0) is 9.53 Å². The number of alkyl halides is 3. The summed E-state index contributed by atoms with van der Waals surface area (Å²) < 4.78 is 57.6. The van der Waals surface area contributed by atoms with E-state index >= 15 is 0 Å². The van der Waals surface area contributed by atoms with Crippen molar-refractivity contribution in [3.8, 4) is 0 Å². The second kappa shape index (κ2) is 8.46. The number of amides is 1. The van der Waals surface area contributed by atoms with Gasteiger partial charge in [-0.05, 0) is 75.0 Å². The Labute approximate surface area is 173 Å². The summed E-state index contributed by atoms with van der Waals surface area (Å²) in [7, 11) is 0. The Hall–Kier alpha value is -1.67. The van der Waals surface area contributed by atoms with Crippen molar-refractivity contribution in [1.29, 1.82) is 0 Å². The maximum absolute atomic E-state index is 14.5. The number of halogens is 4. The van der Waals surface area contributed by atoms with E-state index in [1.165, 1.54) is 18.6 Å². The highest BCUT2D eigenvalue weighted by Gasteiger charge is 2.41. The number of hydrogen-bond donors (Lipinski definition) is 1. The van der Waals surface area contributed by atoms with Crippen molar-refractivity contribution < 1.29 is 27.1 Å². The maximum atomic E-state index is 14.5. The lowest BCUT2D eigenvalue weighted by atomic mass is 9.79. The van der Waals surface area contributed by atoms with E-state index in [1.807, 2.05) is 0 Å². The van der Waals surface area contributed by atoms with Crippen LogP contribution in [0.2, 0.25) is 0 Å². The van der Waals surface area contributed by atoms with Crippen molar-refractivity contribution in [2.24, 2.45) is 0 Å². The van der Waals surface area contributed by atoms with Crippen LogP contribution in [0.25, 0.3) is 0 Å². The number of rotatable bonds is 3. The molecular weight excluding hydrogens is 400 g/mol. The third-order valence-corrected chi connectivity index (χ3v) is 7.06. The zero-order valence-electron chi connectivity index (χ0n) is 16.9. The van der Waals surface area contributed by atoms with Gasteiger partial charge in [-0.25, -0.2) is 4.39 Å². The van der Waals surface area contributed by atoms with Crippen LogP contribution in [-0.4, -0.2) is 48.3 Å². The molecule has 1 aliphatic carbocycles. The molecule has 166 valence electrons. The zero-order chi connectivity index (χ0) is 21.4. The predicted molar refractivity (Wildman–Crippen MR) is 105 cm³/mol. The third-order valence-electron chi connectivity index (χ3n) is 7.06. The average Bonchev–Trinajstić information content (AvgIpc) is 3.16. The minimum absolute atomic E-state index is 0.0583. The van der Waals surface area contributed by atoms with E-state index in [1.54, 1.807) is 5.32 Å². The molecule has 4 nitrogen and oxygen atoms in total. The molecule has 1 spiro atoms. The first-order valence-electron chi connectivity index (χ1n) is 10.8. The van der Waals surface area contributed by atoms with Gasteiger partial charge in [-0.15, -0.1) is 0 Å². The standard InChI is InChI=1S/C22H28F4N2O2/c23-19-14-16(27-20(29)22(24,25)26)4-7-18(19)15-2-5-17(6-3-15)28-11-9-21(10-12-28)8-1-13-30-21/h4,7,14-15,17H,1-3,5-6,8-13H2,(H,27,29). The second-order valence-corrected chi connectivity index (χ2v) is 8.86. The quantitative estimate of drug-likeness (QED) is 0.689. The minimum Gasteiger partial charge on any atom is -0.375 e. The summed E-state index contributed by atoms with van der Waals surface area (Å²) in [6.07, 6.45) is 3.21. The number of nitrogens with zero attached hydrogens (tertiary/aromatic N) is 1. The average molecular weight is 428 g/mol. The smallest absolute Gasteiger partial charge is 0.375 e. The van der Waals surface area contributed by atoms with Crippen LogP contribution in [0.1, 0.15) is 62.8 Å². The van der Waals surface area contributed by atoms with E-state index in [9.17, 15) is 22.4 Å². The summed E-state index contributed by atoms with van der Waals surface area (Å²) in [4.78, 5) is 13.6. The molecule has 4 rings (SSSR count). The molecule has 1 aromatic rings. The molecule has 0 radical (unpaired) electrons. The summed E-state index contributed by atoms with van der Waals surface area (Å²) in [6.45, 7) is 2.99. The number of carbonyl (C=O) groups is 1. The van der Waals surface area contributed by atoms with E-state index in [-0.39, 0.29) is 17.2 Å². The molecule has 1 amide bonds. The van der Waals surface area contributed by atoms with Crippen molar-refractivity contribution >= 4 is 11.6 Å². The maximum Gasteiger partial charge on any atom is 0.471 e. The molecule has 8 heteroatoms. The highest BCUT2D eigenvalue weighted by Crippen LogP contribution is 2.40. The van der Waals surface area contributed by atoms with Gasteiger partial charge in [0.1, 0.15) is 5.82 Å². The first-order valence-corrected chi connectivity index (χ1v) is 10.8. The first kappa shape index (κ1) is 21.6. The number of anilines is 1. The Balaban J connectivity index is 1.30. The van der Waals surface area contributed by atoms with Crippen LogP contribution in [0, 0.1) is 5.82 Å². The van der Waals surface area contributed by atoms with Crippen molar-refractivity contribution in [2.45, 2.75) is 75.1 Å². The molecule has 2 heterocycles. The van der Waals surface area contributed by atoms with E-state index in [4.69, 9.17) is 4.74 Å². The van der Waals surface area contributed by atoms with Crippen molar-refractivity contribution in [2.75, 3.05) is 25.0 Å². The molecule has 3 aliphatic rings. The molecule has 2 aliphatic heterocycles. The Morgan fingerprint density at radius 3 is 2.37 bits per heavy atom. The number of benzene rings is 1. The van der Waals surface area contributed by atoms with Gasteiger partial charge in [0.05, 0.1) is 5.60 Å². The van der Waals surface area contributed by atoms with Crippen molar-refractivity contribution in [1.82, 2.24) is 4.90 Å². The fraction of sp³-hybridized carbons (Fsp3) is 0.682. The van der Waals surface area contributed by atoms with E-state index < -0.39 is 17.9 Å². The number of nitrogens with one attached hydrogen (secondary N) is 1. The number of ether oxygens (including phenoxy) is 1. The predicted octanol–water partition coefficient (Wildman–Crippen LogP) is 5.00. The molecule has 30 heavy (non-hydrogen) atoms. The lowest BCUT2D eigenvalue weighted by molar-refractivity contribution is -0.167. The molecule has 0 unspecified atom stereocenters. The Kier molecular flexibility index (Phi) is 6.08. The number of piperidine rings is 1. The topological polar surface area (TPSA) is 41.6 Å². The van der Waals surface area contributed by atoms with Gasteiger partial charge < -0.3 is 15.0 Å². The van der Waals surface area contributed by atoms with Crippen molar-refractivity contribution in [3.05, 3.63) is 29.6 Å². The highest BCUT2D eigenvalue weighted by molar-refractivity contribution is 5.94. The number of carbonyl (C=O) groups excluding carboxylic acids is 1. The molecule has 1 N–H and O–H groups in total. The van der Waals surface area contributed by atoms with Crippen LogP contribution >= 0.6 is 0 Å². The van der Waals surface area contributed by atoms with E-state index in [2.05, 4.69) is 4.90 Å². The van der Waals surface area contributed by atoms with E-state index in [0.29, 0.717) is 11.6 Å². The molecule has 1 saturated carbocycles. The van der Waals surface area contributed by atoms with Gasteiger partial charge in [0.2, 0.25) is 0 Å². The monoisotopic (exact) mass is 428 g/mol. The first-order chi connectivity index (χ1) is 14.3. The van der Waals surface area contributed by atoms with Crippen molar-refractivity contribution in [3.63, 3.8) is 0 Å². The molecular formula is C22H28F4N2O2. The normalized spacial score (nSPS) is 27.3. The molecule has 3 fully saturated rings. The lowest BCUT2D eigenvalue weighted by Gasteiger charge is -2.44. The van der Waals surface area contributed by atoms with Crippen LogP contribution in [0.4, 0.5) is 23.2 Å². The highest BCUT2D eigenvalue weighted by atomic mass is 19.4. The minimum atomic E-state index is -4.99. The fourth-order valence-electron chi connectivity index (χ4n) is 5.34. The van der Waals surface area contributed by atoms with Gasteiger partial charge in [0, 0.05) is 31.4 Å². The fourth-order valence-corrected chi connectivity index (χ4v) is 5.34. The zero-order valence-corrected chi connectivity index (χ0v) is 16.9. The molecule has 0 atom stereocenters. The van der Waals surface area contributed by atoms with Gasteiger partial charge >= 0.3 is 12.1 Å². The summed E-state index contributed by atoms with van der Waals surface area (Å²) in [6, 6.07) is 4.35. The Morgan fingerprint density at radius 1 is 1.10 bits per heavy atom. The van der Waals surface area contributed by atoms with Crippen LogP contribution < -0.4 is 5.32 Å². The Bertz CT molecular complexity index is 759. The van der Waals surface area contributed by atoms with Gasteiger partial charge in [-0.3, -0.25) is 4.79 Å². The lowest BCUT2D eigenvalue weighted by Crippen LogP contribution is -2.48. The SMILES string of the molecule is O=C(Nc1ccc(C2CCC(N3CCC4(CCCO4)CC3)CC2)c(F)c1)C(F)(F)F. The summed E-state index contributed by atoms with van der Waals surface area (Å²) in [5, 5.41) is 1.70. The largest absolute Gasteiger partial charge is 0.471 e. The second-order valence-electron chi connectivity index (χ2n) is 8.86. The third kappa shape index (κ3) is 4.64. The summed E-state index contributed by atoms with van der Waals surface area (Å²) in [5.41, 5.74) is 0.458. The molecule has 0 aromatic heterocycles. The van der Waals surface area contributed by atoms with Crippen LogP contribution in [0.5, 0.6) is 0 Å². The number of hydrogen-bond acceptors (Lipinski definition) is 3. The van der Waals surface area contributed by atoms with Gasteiger partial charge in [0.15, 0.2) is 0 Å². The number of likely N-dealkylation sites (tertiary alicyclic amines) is 1. The molecule has 1 aromatic carbocycles. The summed E-state index contributed by atoms with van der Waals surface area (Å²) in [5.74, 6) is -2.60. The van der Waals surface area contributed by atoms with Crippen LogP contribution in [0.3, 0.4) is 0 Å². The van der Waals surface area contributed by atoms with E-state index in [0.717, 1.165) is 70.7 Å². The van der Waals surface area contributed by atoms with Gasteiger partial charge in [0.25, 0.3) is 0 Å². The summed E-state index contributed by atoms with van der Waals surface area (Å²) >= 11 is 0. The van der Waals surface area contributed by atoms with Crippen LogP contribution in [0.15, 0.2) is 18.2 Å². The Morgan fingerprint density at radius 2 is 1.80 bits per heavy atom.